The fourth-order valence-corrected chi connectivity index (χ4v) is 1.92. The predicted molar refractivity (Wildman–Crippen MR) is 71.3 cm³/mol. The Kier molecular flexibility index (Phi) is 3.78. The van der Waals surface area contributed by atoms with Crippen molar-refractivity contribution in [1.82, 2.24) is 0 Å². The highest BCUT2D eigenvalue weighted by atomic mass is 35.5. The molecule has 1 N–H and O–H groups in total. The molecule has 98 valence electrons. The third-order valence-corrected chi connectivity index (χ3v) is 2.76. The van der Waals surface area contributed by atoms with Crippen LogP contribution in [0.3, 0.4) is 0 Å². The first kappa shape index (κ1) is 13.5. The van der Waals surface area contributed by atoms with E-state index < -0.39 is 4.92 Å². The van der Waals surface area contributed by atoms with Crippen LogP contribution >= 0.6 is 23.2 Å². The summed E-state index contributed by atoms with van der Waals surface area (Å²) in [5.74, 6) is 0.140. The average Bonchev–Trinajstić information content (AvgIpc) is 2.34. The summed E-state index contributed by atoms with van der Waals surface area (Å²) in [4.78, 5) is 9.99. The molecule has 0 fully saturated rings. The molecule has 2 rings (SSSR count). The first-order chi connectivity index (χ1) is 8.97. The fourth-order valence-electron chi connectivity index (χ4n) is 1.40. The van der Waals surface area contributed by atoms with E-state index in [4.69, 9.17) is 27.9 Å². The minimum atomic E-state index is -0.517. The topological polar surface area (TPSA) is 72.6 Å². The van der Waals surface area contributed by atoms with Crippen molar-refractivity contribution < 1.29 is 14.8 Å². The van der Waals surface area contributed by atoms with Crippen LogP contribution in [0, 0.1) is 10.1 Å². The second kappa shape index (κ2) is 5.34. The van der Waals surface area contributed by atoms with Gasteiger partial charge in [0.15, 0.2) is 11.5 Å². The van der Waals surface area contributed by atoms with Crippen molar-refractivity contribution in [2.75, 3.05) is 0 Å². The van der Waals surface area contributed by atoms with Crippen LogP contribution in [0.4, 0.5) is 5.69 Å². The lowest BCUT2D eigenvalue weighted by Crippen LogP contribution is -1.89. The number of ether oxygens (including phenoxy) is 1. The number of phenolic OH excluding ortho intramolecular Hbond substituents is 1. The van der Waals surface area contributed by atoms with Gasteiger partial charge in [0.1, 0.15) is 5.75 Å². The van der Waals surface area contributed by atoms with Gasteiger partial charge in [0, 0.05) is 23.2 Å². The highest BCUT2D eigenvalue weighted by molar-refractivity contribution is 6.35. The maximum Gasteiger partial charge on any atom is 0.269 e. The molecule has 0 aliphatic heterocycles. The number of nitro benzene ring substituents is 1. The summed E-state index contributed by atoms with van der Waals surface area (Å²) in [6, 6.07) is 8.09. The molecule has 0 saturated carbocycles. The number of rotatable bonds is 3. The van der Waals surface area contributed by atoms with Gasteiger partial charge in [0.2, 0.25) is 0 Å². The number of aromatic hydroxyl groups is 1. The zero-order valence-electron chi connectivity index (χ0n) is 9.34. The molecule has 2 aromatic carbocycles. The van der Waals surface area contributed by atoms with Crippen LogP contribution in [0.25, 0.3) is 0 Å². The van der Waals surface area contributed by atoms with Crippen molar-refractivity contribution in [2.24, 2.45) is 0 Å². The van der Waals surface area contributed by atoms with E-state index in [-0.39, 0.29) is 27.2 Å². The Morgan fingerprint density at radius 1 is 1.16 bits per heavy atom. The molecule has 0 aromatic heterocycles. The van der Waals surface area contributed by atoms with Gasteiger partial charge in [0.05, 0.1) is 9.95 Å². The number of nitro groups is 1. The third-order valence-electron chi connectivity index (χ3n) is 2.26. The minimum absolute atomic E-state index is 0.0416. The van der Waals surface area contributed by atoms with E-state index in [0.29, 0.717) is 5.75 Å². The van der Waals surface area contributed by atoms with Gasteiger partial charge in [-0.05, 0) is 18.2 Å². The first-order valence-electron chi connectivity index (χ1n) is 5.07. The Bertz CT molecular complexity index is 605. The summed E-state index contributed by atoms with van der Waals surface area (Å²) in [5, 5.41) is 20.6. The van der Waals surface area contributed by atoms with Crippen LogP contribution in [0.1, 0.15) is 0 Å². The molecule has 0 unspecified atom stereocenters. The van der Waals surface area contributed by atoms with E-state index in [2.05, 4.69) is 0 Å². The van der Waals surface area contributed by atoms with Crippen LogP contribution in [0.2, 0.25) is 10.0 Å². The molecule has 0 bridgehead atoms. The van der Waals surface area contributed by atoms with Crippen molar-refractivity contribution in [3.63, 3.8) is 0 Å². The number of phenols is 1. The van der Waals surface area contributed by atoms with E-state index >= 15 is 0 Å². The highest BCUT2D eigenvalue weighted by Crippen LogP contribution is 2.40. The summed E-state index contributed by atoms with van der Waals surface area (Å²) in [6.07, 6.45) is 0. The van der Waals surface area contributed by atoms with Crippen LogP contribution in [0.5, 0.6) is 17.2 Å². The Morgan fingerprint density at radius 2 is 1.79 bits per heavy atom. The number of hydrogen-bond donors (Lipinski definition) is 1. The van der Waals surface area contributed by atoms with Crippen molar-refractivity contribution in [2.45, 2.75) is 0 Å². The van der Waals surface area contributed by atoms with Gasteiger partial charge < -0.3 is 9.84 Å². The molecule has 19 heavy (non-hydrogen) atoms. The van der Waals surface area contributed by atoms with Crippen LogP contribution in [0.15, 0.2) is 36.4 Å². The quantitative estimate of drug-likeness (QED) is 0.673. The molecule has 7 heteroatoms. The normalized spacial score (nSPS) is 10.2. The van der Waals surface area contributed by atoms with Gasteiger partial charge >= 0.3 is 0 Å². The average molecular weight is 300 g/mol. The molecule has 0 spiro atoms. The lowest BCUT2D eigenvalue weighted by Gasteiger charge is -2.09. The Morgan fingerprint density at radius 3 is 2.32 bits per heavy atom. The van der Waals surface area contributed by atoms with E-state index in [1.807, 2.05) is 0 Å². The molecule has 0 radical (unpaired) electrons. The molecular formula is C12H7Cl2NO4. The number of non-ortho nitro benzene ring substituents is 1. The third kappa shape index (κ3) is 3.07. The van der Waals surface area contributed by atoms with E-state index in [9.17, 15) is 15.2 Å². The Balaban J connectivity index is 2.29. The van der Waals surface area contributed by atoms with Gasteiger partial charge in [0.25, 0.3) is 5.69 Å². The fraction of sp³-hybridized carbons (Fsp3) is 0. The maximum absolute atomic E-state index is 10.5. The lowest BCUT2D eigenvalue weighted by atomic mass is 10.3. The number of nitrogens with zero attached hydrogens (tertiary/aromatic N) is 1. The Hall–Kier alpha value is -1.98. The SMILES string of the molecule is O=[N+]([O-])c1ccc(Oc2c(O)cc(Cl)cc2Cl)cc1. The van der Waals surface area contributed by atoms with Gasteiger partial charge in [-0.1, -0.05) is 23.2 Å². The van der Waals surface area contributed by atoms with Crippen LogP contribution in [-0.2, 0) is 0 Å². The standard InChI is InChI=1S/C12H7Cl2NO4/c13-7-5-10(14)12(11(16)6-7)19-9-3-1-8(2-4-9)15(17)18/h1-6,16H. The number of benzene rings is 2. The maximum atomic E-state index is 10.5. The summed E-state index contributed by atoms with van der Waals surface area (Å²) in [5.41, 5.74) is -0.0567. The summed E-state index contributed by atoms with van der Waals surface area (Å²) >= 11 is 11.6. The summed E-state index contributed by atoms with van der Waals surface area (Å²) in [7, 11) is 0. The van der Waals surface area contributed by atoms with Crippen LogP contribution < -0.4 is 4.74 Å². The molecule has 0 amide bonds. The smallest absolute Gasteiger partial charge is 0.269 e. The monoisotopic (exact) mass is 299 g/mol. The number of halogens is 2. The zero-order valence-corrected chi connectivity index (χ0v) is 10.9. The van der Waals surface area contributed by atoms with Crippen molar-refractivity contribution in [3.8, 4) is 17.2 Å². The van der Waals surface area contributed by atoms with Crippen LogP contribution in [-0.4, -0.2) is 10.0 Å². The lowest BCUT2D eigenvalue weighted by molar-refractivity contribution is -0.384. The predicted octanol–water partition coefficient (Wildman–Crippen LogP) is 4.40. The van der Waals surface area contributed by atoms with E-state index in [1.165, 1.54) is 36.4 Å². The summed E-state index contributed by atoms with van der Waals surface area (Å²) in [6.45, 7) is 0. The molecule has 5 nitrogen and oxygen atoms in total. The van der Waals surface area contributed by atoms with Crippen molar-refractivity contribution >= 4 is 28.9 Å². The molecule has 0 heterocycles. The minimum Gasteiger partial charge on any atom is -0.504 e. The second-order valence-corrected chi connectivity index (χ2v) is 4.43. The largest absolute Gasteiger partial charge is 0.504 e. The molecule has 2 aromatic rings. The Labute approximate surface area is 118 Å². The number of hydrogen-bond acceptors (Lipinski definition) is 4. The van der Waals surface area contributed by atoms with Crippen molar-refractivity contribution in [3.05, 3.63) is 56.6 Å². The summed E-state index contributed by atoms with van der Waals surface area (Å²) < 4.78 is 5.37. The second-order valence-electron chi connectivity index (χ2n) is 3.59. The van der Waals surface area contributed by atoms with Gasteiger partial charge in [-0.15, -0.1) is 0 Å². The molecule has 0 aliphatic rings. The van der Waals surface area contributed by atoms with Gasteiger partial charge in [-0.25, -0.2) is 0 Å². The molecule has 0 saturated heterocycles. The molecule has 0 aliphatic carbocycles. The van der Waals surface area contributed by atoms with Gasteiger partial charge in [-0.2, -0.15) is 0 Å². The van der Waals surface area contributed by atoms with Gasteiger partial charge in [-0.3, -0.25) is 10.1 Å². The first-order valence-corrected chi connectivity index (χ1v) is 5.83. The molecular weight excluding hydrogens is 293 g/mol. The van der Waals surface area contributed by atoms with Crippen molar-refractivity contribution in [1.29, 1.82) is 0 Å². The van der Waals surface area contributed by atoms with E-state index in [0.717, 1.165) is 0 Å². The zero-order chi connectivity index (χ0) is 14.0. The highest BCUT2D eigenvalue weighted by Gasteiger charge is 2.12. The van der Waals surface area contributed by atoms with E-state index in [1.54, 1.807) is 0 Å². The molecule has 0 atom stereocenters.